The van der Waals surface area contributed by atoms with E-state index >= 15 is 0 Å². The third kappa shape index (κ3) is 1.20. The third-order valence-electron chi connectivity index (χ3n) is 3.25. The van der Waals surface area contributed by atoms with Crippen molar-refractivity contribution < 1.29 is 5.11 Å². The average molecular weight is 142 g/mol. The molecule has 10 heavy (non-hydrogen) atoms. The molecular formula is C9H18O. The summed E-state index contributed by atoms with van der Waals surface area (Å²) in [5.74, 6) is 2.01. The molecule has 0 aromatic rings. The molecule has 1 nitrogen and oxygen atoms in total. The normalized spacial score (nSPS) is 48.0. The lowest BCUT2D eigenvalue weighted by Crippen LogP contribution is -2.13. The molecule has 0 aliphatic heterocycles. The number of rotatable bonds is 1. The summed E-state index contributed by atoms with van der Waals surface area (Å²) in [5.41, 5.74) is 0. The van der Waals surface area contributed by atoms with Crippen LogP contribution in [0.15, 0.2) is 0 Å². The molecule has 1 N–H and O–H groups in total. The maximum atomic E-state index is 9.47. The van der Waals surface area contributed by atoms with Crippen molar-refractivity contribution in [1.82, 2.24) is 0 Å². The highest BCUT2D eigenvalue weighted by atomic mass is 16.3. The highest BCUT2D eigenvalue weighted by molar-refractivity contribution is 4.85. The Bertz CT molecular complexity index is 111. The molecule has 1 rings (SSSR count). The minimum absolute atomic E-state index is 0.0278. The van der Waals surface area contributed by atoms with Gasteiger partial charge in [0.25, 0.3) is 0 Å². The number of aliphatic hydroxyl groups excluding tert-OH is 1. The molecule has 0 bridgehead atoms. The summed E-state index contributed by atoms with van der Waals surface area (Å²) in [6.07, 6.45) is 2.22. The first-order valence-corrected chi connectivity index (χ1v) is 4.34. The van der Waals surface area contributed by atoms with Gasteiger partial charge in [-0.2, -0.15) is 0 Å². The Hall–Kier alpha value is -0.0400. The third-order valence-corrected chi connectivity index (χ3v) is 3.25. The van der Waals surface area contributed by atoms with Gasteiger partial charge in [-0.3, -0.25) is 0 Å². The van der Waals surface area contributed by atoms with Crippen LogP contribution in [-0.2, 0) is 0 Å². The minimum atomic E-state index is -0.0278. The molecule has 0 aromatic carbocycles. The van der Waals surface area contributed by atoms with Crippen molar-refractivity contribution in [1.29, 1.82) is 0 Å². The SMILES string of the molecule is CC[C@@H]1C[C@@H](O)C(C)C1C. The van der Waals surface area contributed by atoms with Crippen molar-refractivity contribution in [3.8, 4) is 0 Å². The summed E-state index contributed by atoms with van der Waals surface area (Å²) in [4.78, 5) is 0. The highest BCUT2D eigenvalue weighted by Crippen LogP contribution is 2.38. The zero-order valence-electron chi connectivity index (χ0n) is 7.17. The van der Waals surface area contributed by atoms with E-state index in [1.54, 1.807) is 0 Å². The molecule has 60 valence electrons. The van der Waals surface area contributed by atoms with E-state index in [0.29, 0.717) is 5.92 Å². The van der Waals surface area contributed by atoms with E-state index < -0.39 is 0 Å². The molecule has 4 atom stereocenters. The zero-order valence-corrected chi connectivity index (χ0v) is 7.17. The topological polar surface area (TPSA) is 20.2 Å². The molecule has 2 unspecified atom stereocenters. The monoisotopic (exact) mass is 142 g/mol. The first-order valence-electron chi connectivity index (χ1n) is 4.34. The lowest BCUT2D eigenvalue weighted by atomic mass is 9.91. The second-order valence-electron chi connectivity index (χ2n) is 3.69. The van der Waals surface area contributed by atoms with E-state index in [4.69, 9.17) is 0 Å². The Morgan fingerprint density at radius 1 is 1.30 bits per heavy atom. The Labute approximate surface area is 63.4 Å². The molecule has 1 heteroatoms. The molecule has 0 radical (unpaired) electrons. The summed E-state index contributed by atoms with van der Waals surface area (Å²) in [6, 6.07) is 0. The molecule has 1 fully saturated rings. The Kier molecular flexibility index (Phi) is 2.35. The zero-order chi connectivity index (χ0) is 7.72. The van der Waals surface area contributed by atoms with Gasteiger partial charge >= 0.3 is 0 Å². The molecule has 1 saturated carbocycles. The Balaban J connectivity index is 2.53. The van der Waals surface area contributed by atoms with Crippen LogP contribution in [0.2, 0.25) is 0 Å². The number of hydrogen-bond acceptors (Lipinski definition) is 1. The largest absolute Gasteiger partial charge is 0.393 e. The fraction of sp³-hybridized carbons (Fsp3) is 1.00. The van der Waals surface area contributed by atoms with E-state index in [0.717, 1.165) is 18.3 Å². The van der Waals surface area contributed by atoms with E-state index in [2.05, 4.69) is 20.8 Å². The summed E-state index contributed by atoms with van der Waals surface area (Å²) >= 11 is 0. The van der Waals surface area contributed by atoms with E-state index in [1.165, 1.54) is 6.42 Å². The predicted molar refractivity (Wildman–Crippen MR) is 42.7 cm³/mol. The van der Waals surface area contributed by atoms with Gasteiger partial charge in [-0.1, -0.05) is 27.2 Å². The van der Waals surface area contributed by atoms with Crippen molar-refractivity contribution in [3.05, 3.63) is 0 Å². The van der Waals surface area contributed by atoms with E-state index in [1.807, 2.05) is 0 Å². The second-order valence-corrected chi connectivity index (χ2v) is 3.69. The van der Waals surface area contributed by atoms with Gasteiger partial charge in [0.15, 0.2) is 0 Å². The van der Waals surface area contributed by atoms with Crippen molar-refractivity contribution in [3.63, 3.8) is 0 Å². The van der Waals surface area contributed by atoms with Crippen molar-refractivity contribution in [2.45, 2.75) is 39.7 Å². The summed E-state index contributed by atoms with van der Waals surface area (Å²) in [6.45, 7) is 6.63. The molecule has 0 heterocycles. The maximum absolute atomic E-state index is 9.47. The summed E-state index contributed by atoms with van der Waals surface area (Å²) in [5, 5.41) is 9.47. The summed E-state index contributed by atoms with van der Waals surface area (Å²) < 4.78 is 0. The lowest BCUT2D eigenvalue weighted by molar-refractivity contribution is 0.130. The van der Waals surface area contributed by atoms with Crippen LogP contribution in [0.25, 0.3) is 0 Å². The first kappa shape index (κ1) is 8.06. The van der Waals surface area contributed by atoms with Crippen LogP contribution in [0.5, 0.6) is 0 Å². The van der Waals surface area contributed by atoms with Gasteiger partial charge < -0.3 is 5.11 Å². The molecule has 0 aromatic heterocycles. The van der Waals surface area contributed by atoms with Gasteiger partial charge in [-0.25, -0.2) is 0 Å². The number of hydrogen-bond donors (Lipinski definition) is 1. The Morgan fingerprint density at radius 2 is 1.90 bits per heavy atom. The van der Waals surface area contributed by atoms with Gasteiger partial charge in [0.2, 0.25) is 0 Å². The second kappa shape index (κ2) is 2.91. The van der Waals surface area contributed by atoms with Crippen LogP contribution in [0, 0.1) is 17.8 Å². The van der Waals surface area contributed by atoms with Crippen molar-refractivity contribution in [2.75, 3.05) is 0 Å². The van der Waals surface area contributed by atoms with Gasteiger partial charge in [0, 0.05) is 0 Å². The average Bonchev–Trinajstić information content (AvgIpc) is 2.17. The first-order chi connectivity index (χ1) is 4.66. The van der Waals surface area contributed by atoms with E-state index in [9.17, 15) is 5.11 Å². The number of aliphatic hydroxyl groups is 1. The fourth-order valence-corrected chi connectivity index (χ4v) is 2.06. The van der Waals surface area contributed by atoms with Crippen LogP contribution in [0.4, 0.5) is 0 Å². The molecule has 0 amide bonds. The standard InChI is InChI=1S/C9H18O/c1-4-8-5-9(10)7(3)6(8)2/h6-10H,4-5H2,1-3H3/t6?,7?,8-,9-/m1/s1. The van der Waals surface area contributed by atoms with Gasteiger partial charge in [-0.15, -0.1) is 0 Å². The molecule has 0 saturated heterocycles. The van der Waals surface area contributed by atoms with Crippen LogP contribution in [0.3, 0.4) is 0 Å². The highest BCUT2D eigenvalue weighted by Gasteiger charge is 2.35. The summed E-state index contributed by atoms with van der Waals surface area (Å²) in [7, 11) is 0. The van der Waals surface area contributed by atoms with Crippen molar-refractivity contribution in [2.24, 2.45) is 17.8 Å². The van der Waals surface area contributed by atoms with Crippen molar-refractivity contribution >= 4 is 0 Å². The van der Waals surface area contributed by atoms with Crippen LogP contribution >= 0.6 is 0 Å². The quantitative estimate of drug-likeness (QED) is 0.594. The van der Waals surface area contributed by atoms with Crippen LogP contribution in [-0.4, -0.2) is 11.2 Å². The smallest absolute Gasteiger partial charge is 0.0571 e. The predicted octanol–water partition coefficient (Wildman–Crippen LogP) is 2.05. The molecule has 0 spiro atoms. The maximum Gasteiger partial charge on any atom is 0.0571 e. The fourth-order valence-electron chi connectivity index (χ4n) is 2.06. The minimum Gasteiger partial charge on any atom is -0.393 e. The Morgan fingerprint density at radius 3 is 2.10 bits per heavy atom. The van der Waals surface area contributed by atoms with Gasteiger partial charge in [-0.05, 0) is 24.2 Å². The molecular weight excluding hydrogens is 124 g/mol. The van der Waals surface area contributed by atoms with Crippen LogP contribution in [0.1, 0.15) is 33.6 Å². The molecule has 1 aliphatic carbocycles. The lowest BCUT2D eigenvalue weighted by Gasteiger charge is -2.15. The van der Waals surface area contributed by atoms with Gasteiger partial charge in [0.05, 0.1) is 6.10 Å². The molecule has 1 aliphatic rings. The van der Waals surface area contributed by atoms with Gasteiger partial charge in [0.1, 0.15) is 0 Å². The van der Waals surface area contributed by atoms with E-state index in [-0.39, 0.29) is 6.10 Å². The van der Waals surface area contributed by atoms with Crippen LogP contribution < -0.4 is 0 Å².